The summed E-state index contributed by atoms with van der Waals surface area (Å²) in [5.74, 6) is 0.0755. The van der Waals surface area contributed by atoms with Gasteiger partial charge in [0.25, 0.3) is 0 Å². The molecule has 1 aliphatic rings. The van der Waals surface area contributed by atoms with Crippen LogP contribution >= 0.6 is 27.5 Å². The summed E-state index contributed by atoms with van der Waals surface area (Å²) in [6.45, 7) is 0.952. The summed E-state index contributed by atoms with van der Waals surface area (Å²) < 4.78 is 34.8. The lowest BCUT2D eigenvalue weighted by molar-refractivity contribution is -0.0116. The van der Waals surface area contributed by atoms with Gasteiger partial charge in [-0.05, 0) is 31.4 Å². The van der Waals surface area contributed by atoms with Crippen LogP contribution in [-0.4, -0.2) is 27.7 Å². The van der Waals surface area contributed by atoms with Crippen molar-refractivity contribution in [3.05, 3.63) is 21.6 Å². The first-order valence-corrected chi connectivity index (χ1v) is 8.86. The molecule has 1 fully saturated rings. The average Bonchev–Trinajstić information content (AvgIpc) is 2.37. The van der Waals surface area contributed by atoms with Crippen LogP contribution in [0.2, 0.25) is 5.02 Å². The van der Waals surface area contributed by atoms with Crippen LogP contribution in [0.5, 0.6) is 5.75 Å². The molecule has 1 heterocycles. The van der Waals surface area contributed by atoms with Crippen molar-refractivity contribution in [2.45, 2.75) is 30.3 Å². The Bertz CT molecular complexity index is 587. The van der Waals surface area contributed by atoms with Crippen LogP contribution in [0.15, 0.2) is 21.5 Å². The van der Waals surface area contributed by atoms with Gasteiger partial charge in [-0.2, -0.15) is 0 Å². The van der Waals surface area contributed by atoms with Crippen molar-refractivity contribution in [3.8, 4) is 5.75 Å². The molecule has 1 aliphatic heterocycles. The summed E-state index contributed by atoms with van der Waals surface area (Å²) in [6.07, 6.45) is 2.96. The molecule has 0 saturated carbocycles. The molecule has 1 aromatic rings. The molecule has 1 saturated heterocycles. The van der Waals surface area contributed by atoms with E-state index in [9.17, 15) is 8.42 Å². The molecule has 0 bridgehead atoms. The van der Waals surface area contributed by atoms with Crippen molar-refractivity contribution in [1.29, 1.82) is 0 Å². The summed E-state index contributed by atoms with van der Waals surface area (Å²) in [7, 11) is -3.91. The lowest BCUT2D eigenvalue weighted by Crippen LogP contribution is -2.26. The summed E-state index contributed by atoms with van der Waals surface area (Å²) in [5.41, 5.74) is 0. The van der Waals surface area contributed by atoms with E-state index >= 15 is 0 Å². The third-order valence-corrected chi connectivity index (χ3v) is 4.62. The van der Waals surface area contributed by atoms with Crippen LogP contribution in [0.3, 0.4) is 0 Å². The predicted molar refractivity (Wildman–Crippen MR) is 79.6 cm³/mol. The van der Waals surface area contributed by atoms with E-state index in [1.807, 2.05) is 0 Å². The smallest absolute Gasteiger partial charge is 0.241 e. The molecule has 0 aliphatic carbocycles. The highest BCUT2D eigenvalue weighted by Crippen LogP contribution is 2.35. The third-order valence-electron chi connectivity index (χ3n) is 2.97. The fraction of sp³-hybridized carbons (Fsp3) is 0.500. The molecule has 0 aromatic heterocycles. The highest BCUT2D eigenvalue weighted by molar-refractivity contribution is 9.10. The van der Waals surface area contributed by atoms with E-state index in [0.717, 1.165) is 19.3 Å². The number of hydrogen-bond acceptors (Lipinski definition) is 4. The zero-order chi connectivity index (χ0) is 14.8. The molecule has 1 aromatic carbocycles. The van der Waals surface area contributed by atoms with Crippen LogP contribution in [-0.2, 0) is 14.8 Å². The summed E-state index contributed by atoms with van der Waals surface area (Å²) >= 11 is 9.23. The minimum Gasteiger partial charge on any atom is -0.488 e. The van der Waals surface area contributed by atoms with Crippen molar-refractivity contribution in [2.24, 2.45) is 5.14 Å². The Morgan fingerprint density at radius 1 is 1.45 bits per heavy atom. The van der Waals surface area contributed by atoms with Gasteiger partial charge in [0.1, 0.15) is 11.5 Å². The van der Waals surface area contributed by atoms with Crippen LogP contribution < -0.4 is 9.88 Å². The maximum absolute atomic E-state index is 11.6. The normalized spacial score (nSPS) is 19.9. The summed E-state index contributed by atoms with van der Waals surface area (Å²) in [6, 6.07) is 2.94. The molecule has 0 spiro atoms. The lowest BCUT2D eigenvalue weighted by atomic mass is 10.1. The van der Waals surface area contributed by atoms with Crippen molar-refractivity contribution >= 4 is 37.6 Å². The topological polar surface area (TPSA) is 78.6 Å². The van der Waals surface area contributed by atoms with Gasteiger partial charge in [-0.1, -0.05) is 27.5 Å². The van der Waals surface area contributed by atoms with E-state index < -0.39 is 10.0 Å². The number of sulfonamides is 1. The average molecular weight is 385 g/mol. The molecule has 1 atom stereocenters. The Labute approximate surface area is 131 Å². The minimum atomic E-state index is -3.91. The van der Waals surface area contributed by atoms with Crippen LogP contribution in [0, 0.1) is 0 Å². The van der Waals surface area contributed by atoms with E-state index in [-0.39, 0.29) is 28.4 Å². The largest absolute Gasteiger partial charge is 0.488 e. The summed E-state index contributed by atoms with van der Waals surface area (Å²) in [5, 5.41) is 5.38. The minimum absolute atomic E-state index is 0.0446. The van der Waals surface area contributed by atoms with Gasteiger partial charge in [-0.15, -0.1) is 0 Å². The Balaban J connectivity index is 2.21. The maximum atomic E-state index is 11.6. The first-order valence-electron chi connectivity index (χ1n) is 6.14. The number of primary sulfonamides is 1. The second-order valence-electron chi connectivity index (χ2n) is 4.56. The monoisotopic (exact) mass is 383 g/mol. The van der Waals surface area contributed by atoms with Gasteiger partial charge in [0.15, 0.2) is 5.75 Å². The third kappa shape index (κ3) is 4.08. The number of benzene rings is 1. The zero-order valence-corrected chi connectivity index (χ0v) is 13.8. The lowest BCUT2D eigenvalue weighted by Gasteiger charge is -2.23. The SMILES string of the molecule is NS(=O)(=O)c1cc(Br)cc(Cl)c1OCC1CCCCO1. The van der Waals surface area contributed by atoms with Crippen LogP contribution in [0.25, 0.3) is 0 Å². The molecule has 112 valence electrons. The molecule has 20 heavy (non-hydrogen) atoms. The molecule has 2 rings (SSSR count). The summed E-state index contributed by atoms with van der Waals surface area (Å²) in [4.78, 5) is -0.132. The molecule has 1 unspecified atom stereocenters. The van der Waals surface area contributed by atoms with Gasteiger partial charge >= 0.3 is 0 Å². The molecule has 2 N–H and O–H groups in total. The molecule has 5 nitrogen and oxygen atoms in total. The molecule has 0 amide bonds. The number of rotatable bonds is 4. The van der Waals surface area contributed by atoms with E-state index in [1.165, 1.54) is 6.07 Å². The highest BCUT2D eigenvalue weighted by Gasteiger charge is 2.22. The number of hydrogen-bond donors (Lipinski definition) is 1. The van der Waals surface area contributed by atoms with Crippen LogP contribution in [0.1, 0.15) is 19.3 Å². The first-order chi connectivity index (χ1) is 9.38. The Morgan fingerprint density at radius 3 is 2.80 bits per heavy atom. The van der Waals surface area contributed by atoms with Gasteiger partial charge in [0.2, 0.25) is 10.0 Å². The van der Waals surface area contributed by atoms with Crippen LogP contribution in [0.4, 0.5) is 0 Å². The van der Waals surface area contributed by atoms with E-state index in [0.29, 0.717) is 11.1 Å². The van der Waals surface area contributed by atoms with Crippen molar-refractivity contribution < 1.29 is 17.9 Å². The van der Waals surface area contributed by atoms with E-state index in [4.69, 9.17) is 26.2 Å². The maximum Gasteiger partial charge on any atom is 0.241 e. The fourth-order valence-corrected chi connectivity index (χ4v) is 3.79. The molecular weight excluding hydrogens is 370 g/mol. The highest BCUT2D eigenvalue weighted by atomic mass is 79.9. The molecular formula is C12H15BrClNO4S. The standard InChI is InChI=1S/C12H15BrClNO4S/c13-8-5-10(14)12(11(6-8)20(15,16)17)19-7-9-3-1-2-4-18-9/h5-6,9H,1-4,7H2,(H2,15,16,17). The molecule has 8 heteroatoms. The van der Waals surface area contributed by atoms with Gasteiger partial charge in [0.05, 0.1) is 11.1 Å². The second-order valence-corrected chi connectivity index (χ2v) is 7.41. The van der Waals surface area contributed by atoms with Gasteiger partial charge < -0.3 is 9.47 Å². The van der Waals surface area contributed by atoms with Gasteiger partial charge in [-0.25, -0.2) is 13.6 Å². The Morgan fingerprint density at radius 2 is 2.20 bits per heavy atom. The fourth-order valence-electron chi connectivity index (χ4n) is 2.00. The van der Waals surface area contributed by atoms with Crippen molar-refractivity contribution in [1.82, 2.24) is 0 Å². The van der Waals surface area contributed by atoms with E-state index in [1.54, 1.807) is 6.07 Å². The first kappa shape index (κ1) is 16.0. The quantitative estimate of drug-likeness (QED) is 0.865. The predicted octanol–water partition coefficient (Wildman–Crippen LogP) is 2.70. The van der Waals surface area contributed by atoms with E-state index in [2.05, 4.69) is 15.9 Å². The Hall–Kier alpha value is -0.340. The van der Waals surface area contributed by atoms with Crippen molar-refractivity contribution in [2.75, 3.05) is 13.2 Å². The van der Waals surface area contributed by atoms with Crippen molar-refractivity contribution in [3.63, 3.8) is 0 Å². The van der Waals surface area contributed by atoms with Gasteiger partial charge in [-0.3, -0.25) is 0 Å². The second kappa shape index (κ2) is 6.62. The number of halogens is 2. The zero-order valence-electron chi connectivity index (χ0n) is 10.6. The number of ether oxygens (including phenoxy) is 2. The Kier molecular flexibility index (Phi) is 5.30. The number of nitrogens with two attached hydrogens (primary N) is 1. The molecule has 0 radical (unpaired) electrons. The van der Waals surface area contributed by atoms with Gasteiger partial charge in [0, 0.05) is 11.1 Å².